The van der Waals surface area contributed by atoms with Crippen molar-refractivity contribution in [2.75, 3.05) is 11.1 Å². The molecular weight excluding hydrogens is 400 g/mol. The van der Waals surface area contributed by atoms with E-state index in [1.165, 1.54) is 11.8 Å². The van der Waals surface area contributed by atoms with Crippen molar-refractivity contribution in [3.8, 4) is 11.4 Å². The van der Waals surface area contributed by atoms with Crippen molar-refractivity contribution in [2.24, 2.45) is 0 Å². The van der Waals surface area contributed by atoms with E-state index in [2.05, 4.69) is 36.2 Å². The standard InChI is InChI=1S/C18H15BrN4OS/c1-12-21-16(15-8-4-5-9-20-15)10-18(22-12)25-11-17(24)23-14-7-3-2-6-13(14)19/h2-10H,11H2,1H3,(H,23,24). The fourth-order valence-corrected chi connectivity index (χ4v) is 3.27. The molecule has 126 valence electrons. The summed E-state index contributed by atoms with van der Waals surface area (Å²) in [5.74, 6) is 0.823. The predicted octanol–water partition coefficient (Wildman–Crippen LogP) is 4.34. The molecule has 3 rings (SSSR count). The molecule has 2 heterocycles. The maximum atomic E-state index is 12.2. The zero-order chi connectivity index (χ0) is 17.6. The average molecular weight is 415 g/mol. The highest BCUT2D eigenvalue weighted by Crippen LogP contribution is 2.24. The molecule has 0 atom stereocenters. The molecule has 5 nitrogen and oxygen atoms in total. The van der Waals surface area contributed by atoms with Crippen LogP contribution in [-0.2, 0) is 4.79 Å². The first-order valence-corrected chi connectivity index (χ1v) is 9.34. The molecule has 7 heteroatoms. The SMILES string of the molecule is Cc1nc(SCC(=O)Nc2ccccc2Br)cc(-c2ccccn2)n1. The Morgan fingerprint density at radius 2 is 1.92 bits per heavy atom. The number of hydrogen-bond donors (Lipinski definition) is 1. The third-order valence-corrected chi connectivity index (χ3v) is 4.84. The molecule has 0 spiro atoms. The minimum Gasteiger partial charge on any atom is -0.324 e. The second-order valence-corrected chi connectivity index (χ2v) is 7.02. The van der Waals surface area contributed by atoms with Gasteiger partial charge in [-0.15, -0.1) is 0 Å². The van der Waals surface area contributed by atoms with Crippen LogP contribution in [0.4, 0.5) is 5.69 Å². The Hall–Kier alpha value is -2.25. The van der Waals surface area contributed by atoms with E-state index >= 15 is 0 Å². The second-order valence-electron chi connectivity index (χ2n) is 5.17. The minimum atomic E-state index is -0.0902. The highest BCUT2D eigenvalue weighted by molar-refractivity contribution is 9.10. The minimum absolute atomic E-state index is 0.0902. The summed E-state index contributed by atoms with van der Waals surface area (Å²) in [5.41, 5.74) is 2.29. The Morgan fingerprint density at radius 3 is 2.68 bits per heavy atom. The highest BCUT2D eigenvalue weighted by atomic mass is 79.9. The summed E-state index contributed by atoms with van der Waals surface area (Å²) < 4.78 is 0.851. The number of para-hydroxylation sites is 1. The van der Waals surface area contributed by atoms with Gasteiger partial charge in [0.05, 0.1) is 22.8 Å². The Bertz CT molecular complexity index is 889. The van der Waals surface area contributed by atoms with Gasteiger partial charge in [0.15, 0.2) is 0 Å². The number of halogens is 1. The van der Waals surface area contributed by atoms with Crippen molar-refractivity contribution in [1.29, 1.82) is 0 Å². The number of nitrogens with one attached hydrogen (secondary N) is 1. The van der Waals surface area contributed by atoms with Crippen LogP contribution in [0, 0.1) is 6.92 Å². The molecule has 0 saturated carbocycles. The number of benzene rings is 1. The van der Waals surface area contributed by atoms with Crippen LogP contribution in [0.1, 0.15) is 5.82 Å². The number of hydrogen-bond acceptors (Lipinski definition) is 5. The van der Waals surface area contributed by atoms with Gasteiger partial charge in [-0.3, -0.25) is 9.78 Å². The molecule has 0 aliphatic heterocycles. The monoisotopic (exact) mass is 414 g/mol. The van der Waals surface area contributed by atoms with Gasteiger partial charge in [-0.2, -0.15) is 0 Å². The molecule has 0 bridgehead atoms. The van der Waals surface area contributed by atoms with Crippen molar-refractivity contribution in [3.63, 3.8) is 0 Å². The van der Waals surface area contributed by atoms with Crippen LogP contribution in [0.5, 0.6) is 0 Å². The molecule has 3 aromatic rings. The maximum absolute atomic E-state index is 12.2. The highest BCUT2D eigenvalue weighted by Gasteiger charge is 2.09. The first kappa shape index (κ1) is 17.6. The summed E-state index contributed by atoms with van der Waals surface area (Å²) >= 11 is 4.79. The van der Waals surface area contributed by atoms with Crippen LogP contribution < -0.4 is 5.32 Å². The van der Waals surface area contributed by atoms with Gasteiger partial charge in [-0.25, -0.2) is 9.97 Å². The molecule has 1 aromatic carbocycles. The molecule has 25 heavy (non-hydrogen) atoms. The number of nitrogens with zero attached hydrogens (tertiary/aromatic N) is 3. The average Bonchev–Trinajstić information content (AvgIpc) is 2.62. The molecule has 0 unspecified atom stereocenters. The quantitative estimate of drug-likeness (QED) is 0.496. The van der Waals surface area contributed by atoms with Crippen molar-refractivity contribution >= 4 is 39.3 Å². The number of thioether (sulfide) groups is 1. The lowest BCUT2D eigenvalue weighted by Gasteiger charge is -2.08. The molecule has 2 aromatic heterocycles. The Morgan fingerprint density at radius 1 is 1.12 bits per heavy atom. The van der Waals surface area contributed by atoms with Crippen LogP contribution in [-0.4, -0.2) is 26.6 Å². The van der Waals surface area contributed by atoms with E-state index in [0.29, 0.717) is 5.82 Å². The normalized spacial score (nSPS) is 10.5. The third-order valence-electron chi connectivity index (χ3n) is 3.24. The summed E-state index contributed by atoms with van der Waals surface area (Å²) in [7, 11) is 0. The van der Waals surface area contributed by atoms with Crippen LogP contribution in [0.2, 0.25) is 0 Å². The lowest BCUT2D eigenvalue weighted by molar-refractivity contribution is -0.113. The number of aryl methyl sites for hydroxylation is 1. The second kappa shape index (κ2) is 8.22. The number of carbonyl (C=O) groups excluding carboxylic acids is 1. The van der Waals surface area contributed by atoms with Crippen LogP contribution >= 0.6 is 27.7 Å². The van der Waals surface area contributed by atoms with Crippen LogP contribution in [0.25, 0.3) is 11.4 Å². The fraction of sp³-hybridized carbons (Fsp3) is 0.111. The van der Waals surface area contributed by atoms with Crippen LogP contribution in [0.15, 0.2) is 64.2 Å². The molecule has 0 saturated heterocycles. The van der Waals surface area contributed by atoms with Gasteiger partial charge in [0.2, 0.25) is 5.91 Å². The lowest BCUT2D eigenvalue weighted by Crippen LogP contribution is -2.14. The summed E-state index contributed by atoms with van der Waals surface area (Å²) in [6, 6.07) is 15.0. The number of rotatable bonds is 5. The van der Waals surface area contributed by atoms with Gasteiger partial charge in [-0.1, -0.05) is 30.0 Å². The molecule has 0 aliphatic rings. The van der Waals surface area contributed by atoms with E-state index < -0.39 is 0 Å². The maximum Gasteiger partial charge on any atom is 0.234 e. The topological polar surface area (TPSA) is 67.8 Å². The Kier molecular flexibility index (Phi) is 5.78. The molecule has 0 fully saturated rings. The van der Waals surface area contributed by atoms with Gasteiger partial charge < -0.3 is 5.32 Å². The molecule has 0 radical (unpaired) electrons. The summed E-state index contributed by atoms with van der Waals surface area (Å²) in [6.07, 6.45) is 1.73. The largest absolute Gasteiger partial charge is 0.324 e. The first-order valence-electron chi connectivity index (χ1n) is 7.56. The van der Waals surface area contributed by atoms with Gasteiger partial charge in [-0.05, 0) is 53.2 Å². The van der Waals surface area contributed by atoms with E-state index in [0.717, 1.165) is 26.6 Å². The third kappa shape index (κ3) is 4.87. The molecule has 1 amide bonds. The van der Waals surface area contributed by atoms with E-state index in [9.17, 15) is 4.79 Å². The van der Waals surface area contributed by atoms with Crippen LogP contribution in [0.3, 0.4) is 0 Å². The zero-order valence-corrected chi connectivity index (χ0v) is 15.8. The summed E-state index contributed by atoms with van der Waals surface area (Å²) in [5, 5.41) is 3.62. The zero-order valence-electron chi connectivity index (χ0n) is 13.4. The van der Waals surface area contributed by atoms with E-state index in [-0.39, 0.29) is 11.7 Å². The van der Waals surface area contributed by atoms with Gasteiger partial charge in [0.1, 0.15) is 10.9 Å². The number of anilines is 1. The molecular formula is C18H15BrN4OS. The summed E-state index contributed by atoms with van der Waals surface area (Å²) in [6.45, 7) is 1.83. The smallest absolute Gasteiger partial charge is 0.234 e. The number of amides is 1. The van der Waals surface area contributed by atoms with Crippen molar-refractivity contribution < 1.29 is 4.79 Å². The van der Waals surface area contributed by atoms with E-state index in [1.54, 1.807) is 6.20 Å². The lowest BCUT2D eigenvalue weighted by atomic mass is 10.2. The van der Waals surface area contributed by atoms with Gasteiger partial charge in [0.25, 0.3) is 0 Å². The van der Waals surface area contributed by atoms with Crippen molar-refractivity contribution in [3.05, 3.63) is 65.0 Å². The van der Waals surface area contributed by atoms with Crippen molar-refractivity contribution in [2.45, 2.75) is 11.9 Å². The first-order chi connectivity index (χ1) is 12.1. The molecule has 0 aliphatic carbocycles. The van der Waals surface area contributed by atoms with Crippen molar-refractivity contribution in [1.82, 2.24) is 15.0 Å². The Balaban J connectivity index is 1.68. The fourth-order valence-electron chi connectivity index (χ4n) is 2.15. The summed E-state index contributed by atoms with van der Waals surface area (Å²) in [4.78, 5) is 25.3. The number of pyridine rings is 1. The van der Waals surface area contributed by atoms with Gasteiger partial charge in [0, 0.05) is 10.7 Å². The predicted molar refractivity (Wildman–Crippen MR) is 103 cm³/mol. The number of aromatic nitrogens is 3. The van der Waals surface area contributed by atoms with Gasteiger partial charge >= 0.3 is 0 Å². The van der Waals surface area contributed by atoms with E-state index in [4.69, 9.17) is 0 Å². The number of carbonyl (C=O) groups is 1. The molecule has 1 N–H and O–H groups in total. The van der Waals surface area contributed by atoms with E-state index in [1.807, 2.05) is 55.5 Å². The Labute approximate surface area is 158 Å².